The fourth-order valence-corrected chi connectivity index (χ4v) is 12.1. The lowest BCUT2D eigenvalue weighted by atomic mass is 10.0. The van der Waals surface area contributed by atoms with Gasteiger partial charge in [0.15, 0.2) is 5.96 Å². The van der Waals surface area contributed by atoms with Crippen LogP contribution in [-0.2, 0) is 27.1 Å². The van der Waals surface area contributed by atoms with E-state index < -0.39 is 8.32 Å². The highest BCUT2D eigenvalue weighted by atomic mass is 28.4. The van der Waals surface area contributed by atoms with Gasteiger partial charge in [0.25, 0.3) is 8.32 Å². The molecule has 4 aromatic rings. The highest BCUT2D eigenvalue weighted by molar-refractivity contribution is 6.99. The quantitative estimate of drug-likeness (QED) is 0.128. The van der Waals surface area contributed by atoms with Crippen molar-refractivity contribution in [3.63, 3.8) is 0 Å². The van der Waals surface area contributed by atoms with Crippen LogP contribution in [-0.4, -0.2) is 50.9 Å². The topological polar surface area (TPSA) is 72.4 Å². The lowest BCUT2D eigenvalue weighted by Gasteiger charge is -2.44. The molecule has 2 aliphatic rings. The molecule has 1 saturated heterocycles. The van der Waals surface area contributed by atoms with E-state index in [1.54, 1.807) is 7.11 Å². The lowest BCUT2D eigenvalue weighted by molar-refractivity contribution is -0.141. The van der Waals surface area contributed by atoms with Gasteiger partial charge in [-0.3, -0.25) is 0 Å². The SMILES string of the molecule is COc1ccc(CN=C2NC(C)=C(C(=O)OCc3ccccc3)[C@@H]3CC[C@@H](CCO[Si](c4ccccc4)(c4ccccc4)C(C)(C)C)N23)cc1. The fraction of sp³-hybridized carbons (Fsp3) is 0.333. The first kappa shape index (κ1) is 35.2. The molecule has 6 rings (SSSR count). The molecule has 0 radical (unpaired) electrons. The Bertz CT molecular complexity index is 1750. The van der Waals surface area contributed by atoms with E-state index in [0.717, 1.165) is 47.8 Å². The fourth-order valence-electron chi connectivity index (χ4n) is 7.54. The maximum atomic E-state index is 13.7. The molecule has 0 saturated carbocycles. The predicted octanol–water partition coefficient (Wildman–Crippen LogP) is 6.97. The number of carbonyl (C=O) groups excluding carboxylic acids is 1. The molecule has 8 heteroatoms. The number of aliphatic imine (C=N–C) groups is 1. The van der Waals surface area contributed by atoms with Crippen LogP contribution in [0, 0.1) is 0 Å². The van der Waals surface area contributed by atoms with E-state index in [1.165, 1.54) is 10.4 Å². The number of benzene rings is 4. The van der Waals surface area contributed by atoms with Crippen LogP contribution < -0.4 is 20.4 Å². The Hall–Kier alpha value is -4.66. The number of hydrogen-bond acceptors (Lipinski definition) is 5. The van der Waals surface area contributed by atoms with Crippen LogP contribution in [0.3, 0.4) is 0 Å². The monoisotopic (exact) mass is 687 g/mol. The normalized spacial score (nSPS) is 18.5. The van der Waals surface area contributed by atoms with Gasteiger partial charge in [-0.15, -0.1) is 0 Å². The predicted molar refractivity (Wildman–Crippen MR) is 203 cm³/mol. The summed E-state index contributed by atoms with van der Waals surface area (Å²) in [6.45, 7) is 10.2. The van der Waals surface area contributed by atoms with Gasteiger partial charge in [-0.1, -0.05) is 124 Å². The number of carbonyl (C=O) groups is 1. The standard InChI is InChI=1S/C42H49N3O4Si/c1-31-39(40(46)48-30-33-15-9-6-10-16-33)38-26-23-34(45(38)41(44-31)43-29-32-21-24-35(47-5)25-22-32)27-28-49-50(42(2,3)4,36-17-11-7-12-18-36)37-19-13-8-14-20-37/h6-22,24-25,34,38H,23,26-30H2,1-5H3,(H,43,44)/t34-,38-/m0/s1. The summed E-state index contributed by atoms with van der Waals surface area (Å²) < 4.78 is 18.6. The van der Waals surface area contributed by atoms with Crippen LogP contribution in [0.1, 0.15) is 58.1 Å². The van der Waals surface area contributed by atoms with Gasteiger partial charge < -0.3 is 24.1 Å². The van der Waals surface area contributed by atoms with Crippen molar-refractivity contribution in [2.24, 2.45) is 4.99 Å². The van der Waals surface area contributed by atoms with Gasteiger partial charge in [0.05, 0.1) is 25.3 Å². The summed E-state index contributed by atoms with van der Waals surface area (Å²) in [6, 6.07) is 39.4. The molecule has 0 aromatic heterocycles. The molecule has 50 heavy (non-hydrogen) atoms. The highest BCUT2D eigenvalue weighted by Crippen LogP contribution is 2.39. The number of guanidine groups is 1. The van der Waals surface area contributed by atoms with Crippen molar-refractivity contribution in [1.29, 1.82) is 0 Å². The number of allylic oxidation sites excluding steroid dienone is 1. The van der Waals surface area contributed by atoms with Crippen molar-refractivity contribution in [3.05, 3.63) is 138 Å². The van der Waals surface area contributed by atoms with Gasteiger partial charge in [-0.05, 0) is 64.9 Å². The number of ether oxygens (including phenoxy) is 2. The molecule has 2 atom stereocenters. The molecule has 0 aliphatic carbocycles. The van der Waals surface area contributed by atoms with Gasteiger partial charge >= 0.3 is 5.97 Å². The summed E-state index contributed by atoms with van der Waals surface area (Å²) in [6.07, 6.45) is 2.55. The van der Waals surface area contributed by atoms with Gasteiger partial charge in [0.2, 0.25) is 0 Å². The first-order valence-electron chi connectivity index (χ1n) is 17.6. The Morgan fingerprint density at radius 1 is 0.840 bits per heavy atom. The minimum absolute atomic E-state index is 0.110. The van der Waals surface area contributed by atoms with Crippen molar-refractivity contribution in [2.45, 2.75) is 77.2 Å². The van der Waals surface area contributed by atoms with E-state index >= 15 is 0 Å². The zero-order chi connectivity index (χ0) is 35.1. The third-order valence-corrected chi connectivity index (χ3v) is 15.0. The molecule has 0 amide bonds. The summed E-state index contributed by atoms with van der Waals surface area (Å²) in [7, 11) is -1.02. The van der Waals surface area contributed by atoms with Crippen molar-refractivity contribution in [3.8, 4) is 5.75 Å². The summed E-state index contributed by atoms with van der Waals surface area (Å²) in [5.41, 5.74) is 3.52. The summed E-state index contributed by atoms with van der Waals surface area (Å²) >= 11 is 0. The Balaban J connectivity index is 1.27. The molecule has 2 aliphatic heterocycles. The van der Waals surface area contributed by atoms with Crippen LogP contribution in [0.25, 0.3) is 0 Å². The van der Waals surface area contributed by atoms with E-state index in [0.29, 0.717) is 18.7 Å². The molecular weight excluding hydrogens is 639 g/mol. The maximum Gasteiger partial charge on any atom is 0.338 e. The molecule has 2 heterocycles. The van der Waals surface area contributed by atoms with E-state index in [9.17, 15) is 4.79 Å². The maximum absolute atomic E-state index is 13.7. The Morgan fingerprint density at radius 2 is 1.44 bits per heavy atom. The third kappa shape index (κ3) is 7.42. The number of rotatable bonds is 12. The Morgan fingerprint density at radius 3 is 2.02 bits per heavy atom. The first-order valence-corrected chi connectivity index (χ1v) is 19.5. The average molecular weight is 688 g/mol. The Kier molecular flexibility index (Phi) is 10.9. The van der Waals surface area contributed by atoms with Gasteiger partial charge in [0.1, 0.15) is 12.4 Å². The summed E-state index contributed by atoms with van der Waals surface area (Å²) in [5.74, 6) is 1.32. The van der Waals surface area contributed by atoms with Crippen LogP contribution in [0.15, 0.2) is 132 Å². The molecule has 0 unspecified atom stereocenters. The second-order valence-corrected chi connectivity index (χ2v) is 18.5. The van der Waals surface area contributed by atoms with Gasteiger partial charge in [0, 0.05) is 18.3 Å². The van der Waals surface area contributed by atoms with Crippen molar-refractivity contribution in [2.75, 3.05) is 13.7 Å². The summed E-state index contributed by atoms with van der Waals surface area (Å²) in [4.78, 5) is 21.2. The molecule has 260 valence electrons. The third-order valence-electron chi connectivity index (χ3n) is 9.97. The number of hydrogen-bond donors (Lipinski definition) is 1. The molecule has 7 nitrogen and oxygen atoms in total. The van der Waals surface area contributed by atoms with Crippen LogP contribution in [0.4, 0.5) is 0 Å². The van der Waals surface area contributed by atoms with Crippen molar-refractivity contribution in [1.82, 2.24) is 10.2 Å². The largest absolute Gasteiger partial charge is 0.497 e. The van der Waals surface area contributed by atoms with E-state index in [1.807, 2.05) is 61.5 Å². The van der Waals surface area contributed by atoms with E-state index in [4.69, 9.17) is 18.9 Å². The van der Waals surface area contributed by atoms with Crippen LogP contribution in [0.5, 0.6) is 5.75 Å². The summed E-state index contributed by atoms with van der Waals surface area (Å²) in [5, 5.41) is 5.95. The van der Waals surface area contributed by atoms with Crippen LogP contribution in [0.2, 0.25) is 5.04 Å². The number of fused-ring (bicyclic) bond motifs is 1. The molecule has 0 bridgehead atoms. The van der Waals surface area contributed by atoms with Crippen molar-refractivity contribution >= 4 is 30.6 Å². The second-order valence-electron chi connectivity index (χ2n) is 14.2. The minimum Gasteiger partial charge on any atom is -0.497 e. The molecule has 0 spiro atoms. The number of nitrogens with zero attached hydrogens (tertiary/aromatic N) is 2. The highest BCUT2D eigenvalue weighted by Gasteiger charge is 2.50. The number of esters is 1. The number of methoxy groups -OCH3 is 1. The second kappa shape index (κ2) is 15.5. The smallest absolute Gasteiger partial charge is 0.338 e. The lowest BCUT2D eigenvalue weighted by Crippen LogP contribution is -2.66. The minimum atomic E-state index is -2.69. The zero-order valence-corrected chi connectivity index (χ0v) is 30.9. The Labute approximate surface area is 298 Å². The van der Waals surface area contributed by atoms with E-state index in [-0.39, 0.29) is 29.7 Å². The first-order chi connectivity index (χ1) is 24.2. The average Bonchev–Trinajstić information content (AvgIpc) is 3.55. The van der Waals surface area contributed by atoms with Crippen molar-refractivity contribution < 1.29 is 18.7 Å². The van der Waals surface area contributed by atoms with Crippen LogP contribution >= 0.6 is 0 Å². The molecule has 1 N–H and O–H groups in total. The molecular formula is C42H49N3O4Si. The van der Waals surface area contributed by atoms with Gasteiger partial charge in [-0.25, -0.2) is 9.79 Å². The molecule has 4 aromatic carbocycles. The zero-order valence-electron chi connectivity index (χ0n) is 29.9. The van der Waals surface area contributed by atoms with Gasteiger partial charge in [-0.2, -0.15) is 0 Å². The number of nitrogens with one attached hydrogen (secondary N) is 1. The van der Waals surface area contributed by atoms with E-state index in [2.05, 4.69) is 91.7 Å². The molecule has 1 fully saturated rings.